The van der Waals surface area contributed by atoms with Crippen LogP contribution < -0.4 is 10.1 Å². The molecular weight excluding hydrogens is 367 g/mol. The van der Waals surface area contributed by atoms with Crippen LogP contribution in [0.4, 0.5) is 4.39 Å². The summed E-state index contributed by atoms with van der Waals surface area (Å²) in [5.74, 6) is 1.13. The van der Waals surface area contributed by atoms with Gasteiger partial charge in [0.05, 0.1) is 0 Å². The second kappa shape index (κ2) is 7.47. The lowest BCUT2D eigenvalue weighted by Gasteiger charge is -2.22. The number of pyridine rings is 1. The van der Waals surface area contributed by atoms with E-state index in [9.17, 15) is 9.18 Å². The highest BCUT2D eigenvalue weighted by Gasteiger charge is 2.59. The van der Waals surface area contributed by atoms with Gasteiger partial charge in [0.25, 0.3) is 11.8 Å². The molecule has 1 amide bonds. The Bertz CT molecular complexity index is 817. The lowest BCUT2D eigenvalue weighted by Crippen LogP contribution is -2.37. The molecule has 0 saturated heterocycles. The number of nitrogens with one attached hydrogen (secondary N) is 1. The number of halogens is 2. The topological polar surface area (TPSA) is 51.2 Å². The number of aromatic nitrogens is 1. The van der Waals surface area contributed by atoms with Crippen LogP contribution in [0.1, 0.15) is 36.5 Å². The monoisotopic (exact) mass is 388 g/mol. The highest BCUT2D eigenvalue weighted by molar-refractivity contribution is 6.30. The van der Waals surface area contributed by atoms with Crippen molar-refractivity contribution in [1.82, 2.24) is 10.3 Å². The Kier molecular flexibility index (Phi) is 5.04. The zero-order valence-electron chi connectivity index (χ0n) is 15.1. The van der Waals surface area contributed by atoms with Crippen LogP contribution in [-0.4, -0.2) is 23.0 Å². The summed E-state index contributed by atoms with van der Waals surface area (Å²) in [4.78, 5) is 16.5. The number of benzene rings is 1. The van der Waals surface area contributed by atoms with Crippen LogP contribution in [0.3, 0.4) is 0 Å². The summed E-state index contributed by atoms with van der Waals surface area (Å²) >= 11 is 5.88. The molecule has 2 aromatic rings. The lowest BCUT2D eigenvalue weighted by molar-refractivity contribution is 0.0923. The first-order valence-corrected chi connectivity index (χ1v) is 9.78. The van der Waals surface area contributed by atoms with Crippen molar-refractivity contribution in [2.45, 2.75) is 38.3 Å². The molecule has 1 heterocycles. The molecule has 2 saturated carbocycles. The Balaban J connectivity index is 1.32. The summed E-state index contributed by atoms with van der Waals surface area (Å²) in [6.45, 7) is 2.10. The van der Waals surface area contributed by atoms with Crippen LogP contribution in [0, 0.1) is 23.6 Å². The number of fused-ring (bicyclic) bond motifs is 1. The SMILES string of the molecule is CC[C@H](NC(=O)c1ccc(Cl)cc1)C1[C@H]2CC(Oc3ncccc3F)C[C@H]12. The molecule has 3 atom stereocenters. The predicted octanol–water partition coefficient (Wildman–Crippen LogP) is 4.49. The number of rotatable bonds is 6. The molecule has 1 aromatic heterocycles. The minimum atomic E-state index is -0.420. The summed E-state index contributed by atoms with van der Waals surface area (Å²) in [7, 11) is 0. The number of ether oxygens (including phenoxy) is 1. The van der Waals surface area contributed by atoms with Gasteiger partial charge < -0.3 is 10.1 Å². The van der Waals surface area contributed by atoms with E-state index in [4.69, 9.17) is 16.3 Å². The zero-order valence-corrected chi connectivity index (χ0v) is 15.8. The average Bonchev–Trinajstić information content (AvgIpc) is 3.16. The van der Waals surface area contributed by atoms with Gasteiger partial charge >= 0.3 is 0 Å². The third-order valence-corrected chi connectivity index (χ3v) is 6.05. The van der Waals surface area contributed by atoms with Crippen LogP contribution in [0.15, 0.2) is 42.6 Å². The van der Waals surface area contributed by atoms with Crippen LogP contribution in [0.5, 0.6) is 5.88 Å². The van der Waals surface area contributed by atoms with Gasteiger partial charge in [0, 0.05) is 22.8 Å². The minimum Gasteiger partial charge on any atom is -0.472 e. The van der Waals surface area contributed by atoms with Gasteiger partial charge in [-0.2, -0.15) is 0 Å². The lowest BCUT2D eigenvalue weighted by atomic mass is 10.00. The third kappa shape index (κ3) is 3.79. The van der Waals surface area contributed by atoms with E-state index in [0.29, 0.717) is 28.3 Å². The second-order valence-electron chi connectivity index (χ2n) is 7.40. The molecule has 0 unspecified atom stereocenters. The van der Waals surface area contributed by atoms with Crippen molar-refractivity contribution >= 4 is 17.5 Å². The number of amides is 1. The third-order valence-electron chi connectivity index (χ3n) is 5.80. The molecule has 0 spiro atoms. The Morgan fingerprint density at radius 3 is 2.63 bits per heavy atom. The highest BCUT2D eigenvalue weighted by Crippen LogP contribution is 2.60. The van der Waals surface area contributed by atoms with Gasteiger partial charge in [-0.15, -0.1) is 0 Å². The maximum Gasteiger partial charge on any atom is 0.251 e. The Morgan fingerprint density at radius 1 is 1.30 bits per heavy atom. The van der Waals surface area contributed by atoms with Crippen molar-refractivity contribution in [3.05, 3.63) is 59.0 Å². The van der Waals surface area contributed by atoms with Crippen molar-refractivity contribution in [2.75, 3.05) is 0 Å². The standard InChI is InChI=1S/C21H22ClFN2O2/c1-2-18(25-20(26)12-5-7-13(22)8-6-12)19-15-10-14(11-16(15)19)27-21-17(23)4-3-9-24-21/h3-9,14-16,18-19H,2,10-11H2,1H3,(H,25,26)/t14?,15-,16-,18-,19?/m0/s1. The normalized spacial score (nSPS) is 24.9. The van der Waals surface area contributed by atoms with Crippen LogP contribution in [-0.2, 0) is 0 Å². The summed E-state index contributed by atoms with van der Waals surface area (Å²) in [5, 5.41) is 3.79. The minimum absolute atomic E-state index is 0.00474. The summed E-state index contributed by atoms with van der Waals surface area (Å²) in [5.41, 5.74) is 0.621. The maximum absolute atomic E-state index is 13.7. The molecule has 1 N–H and O–H groups in total. The molecular formula is C21H22ClFN2O2. The van der Waals surface area contributed by atoms with Crippen molar-refractivity contribution in [2.24, 2.45) is 17.8 Å². The first-order valence-electron chi connectivity index (χ1n) is 9.40. The summed E-state index contributed by atoms with van der Waals surface area (Å²) in [6.07, 6.45) is 4.20. The van der Waals surface area contributed by atoms with Crippen molar-refractivity contribution < 1.29 is 13.9 Å². The fraction of sp³-hybridized carbons (Fsp3) is 0.429. The van der Waals surface area contributed by atoms with E-state index in [2.05, 4.69) is 17.2 Å². The largest absolute Gasteiger partial charge is 0.472 e. The van der Waals surface area contributed by atoms with E-state index in [1.807, 2.05) is 0 Å². The van der Waals surface area contributed by atoms with Gasteiger partial charge in [-0.05, 0) is 73.4 Å². The molecule has 2 aliphatic carbocycles. The maximum atomic E-state index is 13.7. The number of nitrogens with zero attached hydrogens (tertiary/aromatic N) is 1. The Hall–Kier alpha value is -2.14. The van der Waals surface area contributed by atoms with Crippen LogP contribution in [0.2, 0.25) is 5.02 Å². The number of hydrogen-bond acceptors (Lipinski definition) is 3. The molecule has 2 fully saturated rings. The van der Waals surface area contributed by atoms with Crippen molar-refractivity contribution in [3.8, 4) is 5.88 Å². The average molecular weight is 389 g/mol. The first kappa shape index (κ1) is 18.2. The molecule has 0 bridgehead atoms. The summed E-state index contributed by atoms with van der Waals surface area (Å²) in [6, 6.07) is 9.99. The molecule has 142 valence electrons. The van der Waals surface area contributed by atoms with Gasteiger partial charge in [-0.1, -0.05) is 18.5 Å². The van der Waals surface area contributed by atoms with E-state index in [-0.39, 0.29) is 23.9 Å². The molecule has 0 radical (unpaired) electrons. The smallest absolute Gasteiger partial charge is 0.251 e. The molecule has 4 nitrogen and oxygen atoms in total. The molecule has 0 aliphatic heterocycles. The summed E-state index contributed by atoms with van der Waals surface area (Å²) < 4.78 is 19.4. The molecule has 27 heavy (non-hydrogen) atoms. The second-order valence-corrected chi connectivity index (χ2v) is 7.84. The number of carbonyl (C=O) groups excluding carboxylic acids is 1. The molecule has 1 aromatic carbocycles. The van der Waals surface area contributed by atoms with E-state index in [1.54, 1.807) is 30.3 Å². The predicted molar refractivity (Wildman–Crippen MR) is 101 cm³/mol. The Labute approximate surface area is 163 Å². The van der Waals surface area contributed by atoms with Gasteiger partial charge in [-0.3, -0.25) is 4.79 Å². The van der Waals surface area contributed by atoms with Gasteiger partial charge in [0.2, 0.25) is 0 Å². The van der Waals surface area contributed by atoms with E-state index in [1.165, 1.54) is 12.3 Å². The first-order chi connectivity index (χ1) is 13.1. The van der Waals surface area contributed by atoms with Crippen molar-refractivity contribution in [3.63, 3.8) is 0 Å². The molecule has 2 aliphatic rings. The van der Waals surface area contributed by atoms with Crippen LogP contribution in [0.25, 0.3) is 0 Å². The number of hydrogen-bond donors (Lipinski definition) is 1. The van der Waals surface area contributed by atoms with Gasteiger partial charge in [0.15, 0.2) is 5.82 Å². The van der Waals surface area contributed by atoms with E-state index in [0.717, 1.165) is 19.3 Å². The quantitative estimate of drug-likeness (QED) is 0.793. The van der Waals surface area contributed by atoms with E-state index < -0.39 is 5.82 Å². The van der Waals surface area contributed by atoms with Crippen molar-refractivity contribution in [1.29, 1.82) is 0 Å². The molecule has 6 heteroatoms. The fourth-order valence-corrected chi connectivity index (χ4v) is 4.60. The molecule has 4 rings (SSSR count). The zero-order chi connectivity index (χ0) is 19.0. The van der Waals surface area contributed by atoms with Crippen LogP contribution >= 0.6 is 11.6 Å². The fourth-order valence-electron chi connectivity index (χ4n) is 4.47. The number of carbonyl (C=O) groups is 1. The van der Waals surface area contributed by atoms with E-state index >= 15 is 0 Å². The highest BCUT2D eigenvalue weighted by atomic mass is 35.5. The van der Waals surface area contributed by atoms with Gasteiger partial charge in [0.1, 0.15) is 6.10 Å². The van der Waals surface area contributed by atoms with Gasteiger partial charge in [-0.25, -0.2) is 9.37 Å². The Morgan fingerprint density at radius 2 is 2.00 bits per heavy atom.